The Labute approximate surface area is 174 Å². The second-order valence-corrected chi connectivity index (χ2v) is 7.21. The molecule has 3 nitrogen and oxygen atoms in total. The third-order valence-corrected chi connectivity index (χ3v) is 5.19. The van der Waals surface area contributed by atoms with E-state index in [2.05, 4.69) is 11.1 Å². The van der Waals surface area contributed by atoms with Crippen molar-refractivity contribution >= 4 is 23.0 Å². The van der Waals surface area contributed by atoms with Crippen molar-refractivity contribution < 1.29 is 17.6 Å². The molecule has 0 N–H and O–H groups in total. The summed E-state index contributed by atoms with van der Waals surface area (Å²) < 4.78 is 44.5. The first-order valence-electron chi connectivity index (χ1n) is 8.84. The molecule has 0 spiro atoms. The second-order valence-electron chi connectivity index (χ2n) is 6.35. The Hall–Kier alpha value is -3.63. The van der Waals surface area contributed by atoms with E-state index >= 15 is 0 Å². The molecule has 2 heterocycles. The normalized spacial score (nSPS) is 12.0. The molecular weight excluding hydrogens is 409 g/mol. The molecule has 0 fully saturated rings. The van der Waals surface area contributed by atoms with Crippen LogP contribution in [-0.2, 0) is 6.18 Å². The fraction of sp³-hybridized carbons (Fsp3) is 0.0435. The second kappa shape index (κ2) is 8.01. The van der Waals surface area contributed by atoms with Crippen LogP contribution in [0.5, 0.6) is 0 Å². The Kier molecular flexibility index (Phi) is 5.25. The Morgan fingerprint density at radius 2 is 1.77 bits per heavy atom. The summed E-state index contributed by atoms with van der Waals surface area (Å²) >= 11 is 1.34. The molecule has 0 amide bonds. The lowest BCUT2D eigenvalue weighted by atomic mass is 10.1. The van der Waals surface area contributed by atoms with E-state index in [0.717, 1.165) is 23.4 Å². The van der Waals surface area contributed by atoms with Gasteiger partial charge in [0.1, 0.15) is 22.6 Å². The smallest absolute Gasteiger partial charge is 0.416 e. The van der Waals surface area contributed by atoms with Crippen molar-refractivity contribution in [3.8, 4) is 28.7 Å². The number of furan rings is 1. The van der Waals surface area contributed by atoms with Gasteiger partial charge in [-0.2, -0.15) is 18.4 Å². The molecule has 148 valence electrons. The molecule has 7 heteroatoms. The van der Waals surface area contributed by atoms with Crippen LogP contribution in [0.15, 0.2) is 76.5 Å². The highest BCUT2D eigenvalue weighted by molar-refractivity contribution is 7.11. The maximum absolute atomic E-state index is 12.9. The molecule has 2 aromatic carbocycles. The number of nitrogens with zero attached hydrogens (tertiary/aromatic N) is 2. The first-order valence-corrected chi connectivity index (χ1v) is 9.72. The van der Waals surface area contributed by atoms with E-state index in [-0.39, 0.29) is 5.76 Å². The minimum atomic E-state index is -4.43. The van der Waals surface area contributed by atoms with Gasteiger partial charge < -0.3 is 4.42 Å². The van der Waals surface area contributed by atoms with Crippen molar-refractivity contribution in [2.75, 3.05) is 0 Å². The maximum Gasteiger partial charge on any atom is 0.416 e. The lowest BCUT2D eigenvalue weighted by Crippen LogP contribution is -2.04. The van der Waals surface area contributed by atoms with Crippen LogP contribution in [0.4, 0.5) is 13.2 Å². The standard InChI is InChI=1S/C23H13F3N2OS/c24-23(25,26)18-8-4-7-16(11-18)21-10-9-19(29-21)12-17(13-27)22-28-20(14-30-22)15-5-2-1-3-6-15/h1-12,14H. The monoisotopic (exact) mass is 422 g/mol. The molecular formula is C23H13F3N2OS. The van der Waals surface area contributed by atoms with Crippen LogP contribution >= 0.6 is 11.3 Å². The molecule has 30 heavy (non-hydrogen) atoms. The fourth-order valence-corrected chi connectivity index (χ4v) is 3.65. The molecule has 2 aromatic heterocycles. The van der Waals surface area contributed by atoms with Gasteiger partial charge in [-0.3, -0.25) is 0 Å². The summed E-state index contributed by atoms with van der Waals surface area (Å²) in [6, 6.07) is 19.8. The first kappa shape index (κ1) is 19.7. The molecule has 0 saturated heterocycles. The lowest BCUT2D eigenvalue weighted by Gasteiger charge is -2.07. The minimum Gasteiger partial charge on any atom is -0.457 e. The summed E-state index contributed by atoms with van der Waals surface area (Å²) in [7, 11) is 0. The van der Waals surface area contributed by atoms with Gasteiger partial charge in [-0.15, -0.1) is 11.3 Å². The number of halogens is 3. The number of alkyl halides is 3. The van der Waals surface area contributed by atoms with Gasteiger partial charge in [-0.25, -0.2) is 4.98 Å². The third-order valence-electron chi connectivity index (χ3n) is 4.31. The molecule has 0 saturated carbocycles. The fourth-order valence-electron chi connectivity index (χ4n) is 2.86. The van der Waals surface area contributed by atoms with Gasteiger partial charge in [-0.05, 0) is 24.3 Å². The Morgan fingerprint density at radius 1 is 1.00 bits per heavy atom. The Bertz CT molecular complexity index is 1250. The van der Waals surface area contributed by atoms with E-state index in [1.54, 1.807) is 18.2 Å². The highest BCUT2D eigenvalue weighted by atomic mass is 32.1. The number of aromatic nitrogens is 1. The number of nitriles is 1. The average Bonchev–Trinajstić information content (AvgIpc) is 3.42. The predicted molar refractivity (Wildman–Crippen MR) is 110 cm³/mol. The van der Waals surface area contributed by atoms with Crippen LogP contribution in [0.3, 0.4) is 0 Å². The highest BCUT2D eigenvalue weighted by Crippen LogP contribution is 2.33. The molecule has 0 aliphatic heterocycles. The zero-order valence-corrected chi connectivity index (χ0v) is 16.2. The summed E-state index contributed by atoms with van der Waals surface area (Å²) in [5, 5.41) is 12.0. The summed E-state index contributed by atoms with van der Waals surface area (Å²) in [4.78, 5) is 4.51. The van der Waals surface area contributed by atoms with Gasteiger partial charge in [0.25, 0.3) is 0 Å². The van der Waals surface area contributed by atoms with Crippen LogP contribution in [-0.4, -0.2) is 4.98 Å². The largest absolute Gasteiger partial charge is 0.457 e. The summed E-state index contributed by atoms with van der Waals surface area (Å²) in [6.07, 6.45) is -2.90. The minimum absolute atomic E-state index is 0.286. The van der Waals surface area contributed by atoms with Gasteiger partial charge in [0.2, 0.25) is 0 Å². The average molecular weight is 422 g/mol. The molecule has 0 atom stereocenters. The number of allylic oxidation sites excluding steroid dienone is 1. The van der Waals surface area contributed by atoms with Crippen molar-refractivity contribution in [2.45, 2.75) is 6.18 Å². The molecule has 4 aromatic rings. The third kappa shape index (κ3) is 4.19. The molecule has 0 aliphatic carbocycles. The van der Waals surface area contributed by atoms with Gasteiger partial charge in [0.15, 0.2) is 0 Å². The van der Waals surface area contributed by atoms with Gasteiger partial charge in [-0.1, -0.05) is 42.5 Å². The SMILES string of the molecule is N#CC(=Cc1ccc(-c2cccc(C(F)(F)F)c2)o1)c1nc(-c2ccccc2)cs1. The van der Waals surface area contributed by atoms with Crippen molar-refractivity contribution in [1.82, 2.24) is 4.98 Å². The highest BCUT2D eigenvalue weighted by Gasteiger charge is 2.30. The van der Waals surface area contributed by atoms with Gasteiger partial charge in [0.05, 0.1) is 16.8 Å². The summed E-state index contributed by atoms with van der Waals surface area (Å²) in [5.74, 6) is 0.643. The van der Waals surface area contributed by atoms with E-state index in [9.17, 15) is 18.4 Å². The van der Waals surface area contributed by atoms with Crippen LogP contribution < -0.4 is 0 Å². The molecule has 0 aliphatic rings. The van der Waals surface area contributed by atoms with Crippen molar-refractivity contribution in [1.29, 1.82) is 5.26 Å². The number of hydrogen-bond acceptors (Lipinski definition) is 4. The lowest BCUT2D eigenvalue weighted by molar-refractivity contribution is -0.137. The molecule has 0 bridgehead atoms. The molecule has 0 radical (unpaired) electrons. The van der Waals surface area contributed by atoms with E-state index in [1.165, 1.54) is 23.5 Å². The zero-order chi connectivity index (χ0) is 21.1. The number of thiazole rings is 1. The van der Waals surface area contributed by atoms with Crippen molar-refractivity contribution in [2.24, 2.45) is 0 Å². The molecule has 4 rings (SSSR count). The number of rotatable bonds is 4. The topological polar surface area (TPSA) is 49.8 Å². The van der Waals surface area contributed by atoms with Crippen molar-refractivity contribution in [3.63, 3.8) is 0 Å². The zero-order valence-electron chi connectivity index (χ0n) is 15.4. The quantitative estimate of drug-likeness (QED) is 0.328. The van der Waals surface area contributed by atoms with Crippen LogP contribution in [0.25, 0.3) is 34.2 Å². The van der Waals surface area contributed by atoms with Gasteiger partial charge >= 0.3 is 6.18 Å². The number of hydrogen-bond donors (Lipinski definition) is 0. The predicted octanol–water partition coefficient (Wildman–Crippen LogP) is 7.15. The van der Waals surface area contributed by atoms with Crippen LogP contribution in [0, 0.1) is 11.3 Å². The van der Waals surface area contributed by atoms with Crippen molar-refractivity contribution in [3.05, 3.63) is 88.4 Å². The van der Waals surface area contributed by atoms with E-state index in [4.69, 9.17) is 4.42 Å². The molecule has 0 unspecified atom stereocenters. The van der Waals surface area contributed by atoms with Crippen LogP contribution in [0.2, 0.25) is 0 Å². The Morgan fingerprint density at radius 3 is 2.50 bits per heavy atom. The summed E-state index contributed by atoms with van der Waals surface area (Å²) in [6.45, 7) is 0. The number of benzene rings is 2. The van der Waals surface area contributed by atoms with Gasteiger partial charge in [0, 0.05) is 22.6 Å². The van der Waals surface area contributed by atoms with E-state index in [1.807, 2.05) is 35.7 Å². The van der Waals surface area contributed by atoms with Crippen LogP contribution in [0.1, 0.15) is 16.3 Å². The maximum atomic E-state index is 12.9. The van der Waals surface area contributed by atoms with E-state index < -0.39 is 11.7 Å². The van der Waals surface area contributed by atoms with E-state index in [0.29, 0.717) is 21.9 Å². The summed E-state index contributed by atoms with van der Waals surface area (Å²) in [5.41, 5.74) is 1.58. The first-order chi connectivity index (χ1) is 14.4. The Balaban J connectivity index is 1.62.